The summed E-state index contributed by atoms with van der Waals surface area (Å²) >= 11 is 5.89. The number of nitrogens with zero attached hydrogens (tertiary/aromatic N) is 3. The average molecular weight is 548 g/mol. The lowest BCUT2D eigenvalue weighted by Gasteiger charge is -2.52. The SMILES string of the molecule is COCCCCC(C)(O)C[C@H]1CC[C@@H]2[C@H](CC[C@]3(C)[C@@H](C(=O)Cn4nnc5c(F)c(Cl)ccc54)CC[C@@H]23)C1. The number of ether oxygens (including phenoxy) is 1. The highest BCUT2D eigenvalue weighted by molar-refractivity contribution is 6.31. The lowest BCUT2D eigenvalue weighted by molar-refractivity contribution is -0.130. The van der Waals surface area contributed by atoms with E-state index in [0.29, 0.717) is 29.2 Å². The molecule has 1 heterocycles. The maximum absolute atomic E-state index is 14.3. The fourth-order valence-electron chi connectivity index (χ4n) is 8.61. The summed E-state index contributed by atoms with van der Waals surface area (Å²) in [5.41, 5.74) is 0.0469. The first-order valence-electron chi connectivity index (χ1n) is 14.5. The molecule has 0 radical (unpaired) electrons. The zero-order valence-electron chi connectivity index (χ0n) is 23.1. The van der Waals surface area contributed by atoms with Crippen LogP contribution in [-0.2, 0) is 16.1 Å². The van der Waals surface area contributed by atoms with E-state index >= 15 is 0 Å². The van der Waals surface area contributed by atoms with Gasteiger partial charge in [0.05, 0.1) is 16.1 Å². The van der Waals surface area contributed by atoms with Gasteiger partial charge < -0.3 is 9.84 Å². The molecule has 0 spiro atoms. The molecule has 210 valence electrons. The van der Waals surface area contributed by atoms with E-state index in [9.17, 15) is 14.3 Å². The van der Waals surface area contributed by atoms with E-state index in [1.54, 1.807) is 13.2 Å². The Balaban J connectivity index is 1.20. The predicted molar refractivity (Wildman–Crippen MR) is 146 cm³/mol. The molecular weight excluding hydrogens is 505 g/mol. The first-order valence-corrected chi connectivity index (χ1v) is 14.9. The molecule has 38 heavy (non-hydrogen) atoms. The van der Waals surface area contributed by atoms with Gasteiger partial charge in [0, 0.05) is 19.6 Å². The van der Waals surface area contributed by atoms with E-state index in [2.05, 4.69) is 17.2 Å². The van der Waals surface area contributed by atoms with Crippen molar-refractivity contribution in [3.63, 3.8) is 0 Å². The Morgan fingerprint density at radius 1 is 1.26 bits per heavy atom. The molecule has 2 aromatic rings. The van der Waals surface area contributed by atoms with Crippen molar-refractivity contribution in [3.8, 4) is 0 Å². The smallest absolute Gasteiger partial charge is 0.171 e. The highest BCUT2D eigenvalue weighted by Gasteiger charge is 2.56. The Morgan fingerprint density at radius 3 is 2.87 bits per heavy atom. The number of hydrogen-bond acceptors (Lipinski definition) is 5. The molecule has 1 N–H and O–H groups in total. The van der Waals surface area contributed by atoms with Gasteiger partial charge in [-0.2, -0.15) is 0 Å². The van der Waals surface area contributed by atoms with Crippen LogP contribution in [-0.4, -0.2) is 45.2 Å². The van der Waals surface area contributed by atoms with Crippen LogP contribution in [0, 0.1) is 40.8 Å². The molecule has 0 aliphatic heterocycles. The minimum atomic E-state index is -0.598. The van der Waals surface area contributed by atoms with Crippen LogP contribution in [0.2, 0.25) is 5.02 Å². The summed E-state index contributed by atoms with van der Waals surface area (Å²) < 4.78 is 21.0. The Bertz CT molecular complexity index is 1150. The molecule has 0 bridgehead atoms. The number of methoxy groups -OCH3 is 1. The first-order chi connectivity index (χ1) is 18.1. The van der Waals surface area contributed by atoms with E-state index in [0.717, 1.165) is 51.6 Å². The average Bonchev–Trinajstić information content (AvgIpc) is 3.45. The first kappa shape index (κ1) is 28.0. The molecular formula is C30H43ClFN3O3. The summed E-state index contributed by atoms with van der Waals surface area (Å²) in [5, 5.41) is 19.1. The zero-order valence-corrected chi connectivity index (χ0v) is 23.9. The van der Waals surface area contributed by atoms with Crippen LogP contribution in [0.15, 0.2) is 12.1 Å². The van der Waals surface area contributed by atoms with E-state index in [1.807, 2.05) is 6.92 Å². The number of hydrogen-bond donors (Lipinski definition) is 1. The summed E-state index contributed by atoms with van der Waals surface area (Å²) in [6.07, 6.45) is 11.6. The van der Waals surface area contributed by atoms with Gasteiger partial charge in [-0.25, -0.2) is 9.07 Å². The van der Waals surface area contributed by atoms with Gasteiger partial charge in [0.2, 0.25) is 0 Å². The normalized spacial score (nSPS) is 32.6. The summed E-state index contributed by atoms with van der Waals surface area (Å²) in [4.78, 5) is 13.6. The minimum Gasteiger partial charge on any atom is -0.390 e. The monoisotopic (exact) mass is 547 g/mol. The number of carbonyl (C=O) groups excluding carboxylic acids is 1. The maximum atomic E-state index is 14.3. The third-order valence-corrected chi connectivity index (χ3v) is 10.7. The topological polar surface area (TPSA) is 77.2 Å². The standard InChI is InChI=1S/C30H43ClFN3O3/c1-29(37,13-4-5-15-38-3)17-19-6-7-21-20(16-19)12-14-30(2)22(21)8-9-23(30)26(36)18-35-25-11-10-24(31)27(32)28(25)33-34-35/h10-11,19-23,37H,4-9,12-18H2,1-3H3/t19-,20+,21+,22-,23+,29?,30-/m0/s1. The van der Waals surface area contributed by atoms with Crippen molar-refractivity contribution in [2.24, 2.45) is 35.0 Å². The Morgan fingerprint density at radius 2 is 2.08 bits per heavy atom. The number of aliphatic hydroxyl groups is 1. The van der Waals surface area contributed by atoms with Crippen LogP contribution < -0.4 is 0 Å². The van der Waals surface area contributed by atoms with Crippen LogP contribution in [0.3, 0.4) is 0 Å². The molecule has 3 aliphatic carbocycles. The molecule has 3 saturated carbocycles. The quantitative estimate of drug-likeness (QED) is 0.339. The van der Waals surface area contributed by atoms with Gasteiger partial charge in [0.15, 0.2) is 11.6 Å². The van der Waals surface area contributed by atoms with Crippen LogP contribution >= 0.6 is 11.6 Å². The van der Waals surface area contributed by atoms with Gasteiger partial charge in [-0.3, -0.25) is 4.79 Å². The number of aromatic nitrogens is 3. The molecule has 0 amide bonds. The molecule has 0 saturated heterocycles. The Hall–Kier alpha value is -1.57. The Labute approximate surface area is 230 Å². The number of unbranched alkanes of at least 4 members (excludes halogenated alkanes) is 1. The molecule has 6 nitrogen and oxygen atoms in total. The summed E-state index contributed by atoms with van der Waals surface area (Å²) in [7, 11) is 1.73. The van der Waals surface area contributed by atoms with Gasteiger partial charge in [0.1, 0.15) is 12.1 Å². The number of halogens is 2. The van der Waals surface area contributed by atoms with Crippen molar-refractivity contribution >= 4 is 28.4 Å². The Kier molecular flexibility index (Phi) is 8.19. The second-order valence-corrected chi connectivity index (χ2v) is 13.4. The highest BCUT2D eigenvalue weighted by Crippen LogP contribution is 2.62. The van der Waals surface area contributed by atoms with Crippen LogP contribution in [0.5, 0.6) is 0 Å². The van der Waals surface area contributed by atoms with Gasteiger partial charge in [0.25, 0.3) is 0 Å². The van der Waals surface area contributed by atoms with Crippen LogP contribution in [0.4, 0.5) is 4.39 Å². The van der Waals surface area contributed by atoms with Crippen LogP contribution in [0.25, 0.3) is 11.0 Å². The second kappa shape index (κ2) is 11.1. The molecule has 1 aromatic heterocycles. The second-order valence-electron chi connectivity index (χ2n) is 13.0. The third kappa shape index (κ3) is 5.40. The molecule has 3 fully saturated rings. The van der Waals surface area contributed by atoms with Crippen molar-refractivity contribution in [1.82, 2.24) is 15.0 Å². The van der Waals surface area contributed by atoms with E-state index < -0.39 is 11.4 Å². The fourth-order valence-corrected chi connectivity index (χ4v) is 8.77. The summed E-state index contributed by atoms with van der Waals surface area (Å²) in [5.74, 6) is 2.16. The number of fused-ring (bicyclic) bond motifs is 4. The molecule has 1 aromatic carbocycles. The number of ketones is 1. The van der Waals surface area contributed by atoms with E-state index in [4.69, 9.17) is 16.3 Å². The van der Waals surface area contributed by atoms with Crippen molar-refractivity contribution < 1.29 is 19.0 Å². The lowest BCUT2D eigenvalue weighted by Crippen LogP contribution is -2.46. The molecule has 3 aliphatic rings. The maximum Gasteiger partial charge on any atom is 0.171 e. The number of rotatable bonds is 10. The molecule has 5 rings (SSSR count). The minimum absolute atomic E-state index is 0.00963. The van der Waals surface area contributed by atoms with Crippen molar-refractivity contribution in [3.05, 3.63) is 23.0 Å². The highest BCUT2D eigenvalue weighted by atomic mass is 35.5. The molecule has 7 atom stereocenters. The largest absolute Gasteiger partial charge is 0.390 e. The van der Waals surface area contributed by atoms with Gasteiger partial charge in [-0.15, -0.1) is 5.10 Å². The zero-order chi connectivity index (χ0) is 27.1. The van der Waals surface area contributed by atoms with Crippen molar-refractivity contribution in [1.29, 1.82) is 0 Å². The predicted octanol–water partition coefficient (Wildman–Crippen LogP) is 6.61. The van der Waals surface area contributed by atoms with Crippen LogP contribution in [0.1, 0.15) is 84.5 Å². The van der Waals surface area contributed by atoms with Crippen molar-refractivity contribution in [2.45, 2.75) is 96.6 Å². The number of benzene rings is 1. The van der Waals surface area contributed by atoms with E-state index in [-0.39, 0.29) is 34.2 Å². The van der Waals surface area contributed by atoms with Gasteiger partial charge >= 0.3 is 0 Å². The molecule has 1 unspecified atom stereocenters. The summed E-state index contributed by atoms with van der Waals surface area (Å²) in [6.45, 7) is 5.24. The number of Topliss-reactive ketones (excluding diaryl/α,β-unsaturated/α-hetero) is 1. The van der Waals surface area contributed by atoms with E-state index in [1.165, 1.54) is 36.4 Å². The third-order valence-electron chi connectivity index (χ3n) is 10.4. The van der Waals surface area contributed by atoms with Gasteiger partial charge in [-0.1, -0.05) is 30.2 Å². The number of carbonyl (C=O) groups is 1. The lowest BCUT2D eigenvalue weighted by atomic mass is 9.53. The fraction of sp³-hybridized carbons (Fsp3) is 0.767. The van der Waals surface area contributed by atoms with Crippen molar-refractivity contribution in [2.75, 3.05) is 13.7 Å². The molecule has 8 heteroatoms. The summed E-state index contributed by atoms with van der Waals surface area (Å²) in [6, 6.07) is 3.18. The van der Waals surface area contributed by atoms with Gasteiger partial charge in [-0.05, 0) is 112 Å².